The highest BCUT2D eigenvalue weighted by molar-refractivity contribution is 6.07. The van der Waals surface area contributed by atoms with E-state index in [-0.39, 0.29) is 0 Å². The van der Waals surface area contributed by atoms with E-state index in [4.69, 9.17) is 0 Å². The molecular formula is C14H12N4O3. The van der Waals surface area contributed by atoms with Crippen molar-refractivity contribution in [3.63, 3.8) is 0 Å². The number of hydrogen-bond acceptors (Lipinski definition) is 4. The second-order valence-corrected chi connectivity index (χ2v) is 4.61. The normalized spacial score (nSPS) is 16.4. The number of para-hydroxylation sites is 1. The van der Waals surface area contributed by atoms with Gasteiger partial charge in [-0.15, -0.1) is 0 Å². The van der Waals surface area contributed by atoms with Crippen molar-refractivity contribution in [1.82, 2.24) is 9.97 Å². The standard InChI is InChI=1S/C14H12N4O3/c19-13(20)12-5-9-3-1-2-4-11(9)18(12)14(21)17-10-6-15-8-16-7-10/h1-4,6-8,12H,5H2,(H,17,21)(H,19,20)/t12-/m0/s1. The number of nitrogens with zero attached hydrogens (tertiary/aromatic N) is 3. The first-order chi connectivity index (χ1) is 10.2. The Morgan fingerprint density at radius 1 is 1.24 bits per heavy atom. The molecular weight excluding hydrogens is 272 g/mol. The minimum absolute atomic E-state index is 0.296. The lowest BCUT2D eigenvalue weighted by atomic mass is 10.1. The first kappa shape index (κ1) is 13.0. The average Bonchev–Trinajstić information content (AvgIpc) is 2.88. The van der Waals surface area contributed by atoms with E-state index in [0.29, 0.717) is 17.8 Å². The Labute approximate surface area is 120 Å². The van der Waals surface area contributed by atoms with E-state index in [9.17, 15) is 14.7 Å². The van der Waals surface area contributed by atoms with E-state index in [1.54, 1.807) is 12.1 Å². The number of fused-ring (bicyclic) bond motifs is 1. The maximum Gasteiger partial charge on any atom is 0.327 e. The number of amides is 2. The number of carbonyl (C=O) groups excluding carboxylic acids is 1. The molecule has 2 amide bonds. The van der Waals surface area contributed by atoms with Gasteiger partial charge in [-0.25, -0.2) is 19.6 Å². The molecule has 0 spiro atoms. The van der Waals surface area contributed by atoms with Crippen LogP contribution in [0.15, 0.2) is 43.0 Å². The predicted octanol–water partition coefficient (Wildman–Crippen LogP) is 1.52. The minimum atomic E-state index is -1.04. The summed E-state index contributed by atoms with van der Waals surface area (Å²) < 4.78 is 0. The molecule has 1 aromatic carbocycles. The summed E-state index contributed by atoms with van der Waals surface area (Å²) in [5.74, 6) is -1.04. The molecule has 0 radical (unpaired) electrons. The molecule has 0 bridgehead atoms. The summed E-state index contributed by atoms with van der Waals surface area (Å²) >= 11 is 0. The lowest BCUT2D eigenvalue weighted by Gasteiger charge is -2.22. The van der Waals surface area contributed by atoms with Crippen LogP contribution in [0, 0.1) is 0 Å². The Kier molecular flexibility index (Phi) is 3.23. The van der Waals surface area contributed by atoms with Gasteiger partial charge in [-0.1, -0.05) is 18.2 Å². The van der Waals surface area contributed by atoms with Crippen molar-refractivity contribution in [2.24, 2.45) is 0 Å². The number of carboxylic acids is 1. The Balaban J connectivity index is 1.91. The second-order valence-electron chi connectivity index (χ2n) is 4.61. The Morgan fingerprint density at radius 3 is 2.67 bits per heavy atom. The molecule has 0 aliphatic carbocycles. The van der Waals surface area contributed by atoms with Gasteiger partial charge in [-0.2, -0.15) is 0 Å². The van der Waals surface area contributed by atoms with Crippen molar-refractivity contribution in [3.05, 3.63) is 48.5 Å². The van der Waals surface area contributed by atoms with E-state index >= 15 is 0 Å². The number of carbonyl (C=O) groups is 2. The van der Waals surface area contributed by atoms with Crippen molar-refractivity contribution >= 4 is 23.4 Å². The number of benzene rings is 1. The number of aromatic nitrogens is 2. The van der Waals surface area contributed by atoms with Gasteiger partial charge in [-0.3, -0.25) is 4.90 Å². The van der Waals surface area contributed by atoms with Gasteiger partial charge in [0, 0.05) is 12.1 Å². The number of rotatable bonds is 2. The summed E-state index contributed by atoms with van der Waals surface area (Å²) in [4.78, 5) is 32.6. The molecule has 1 atom stereocenters. The molecule has 7 nitrogen and oxygen atoms in total. The number of hydrogen-bond donors (Lipinski definition) is 2. The molecule has 1 aliphatic rings. The second kappa shape index (κ2) is 5.20. The van der Waals surface area contributed by atoms with Gasteiger partial charge in [-0.05, 0) is 11.6 Å². The molecule has 7 heteroatoms. The highest BCUT2D eigenvalue weighted by Gasteiger charge is 2.38. The quantitative estimate of drug-likeness (QED) is 0.871. The van der Waals surface area contributed by atoms with Crippen LogP contribution >= 0.6 is 0 Å². The summed E-state index contributed by atoms with van der Waals surface area (Å²) in [6, 6.07) is 5.73. The van der Waals surface area contributed by atoms with Gasteiger partial charge >= 0.3 is 12.0 Å². The Morgan fingerprint density at radius 2 is 1.95 bits per heavy atom. The van der Waals surface area contributed by atoms with Gasteiger partial charge in [0.2, 0.25) is 0 Å². The fourth-order valence-electron chi connectivity index (χ4n) is 2.38. The van der Waals surface area contributed by atoms with Gasteiger partial charge < -0.3 is 10.4 Å². The van der Waals surface area contributed by atoms with Crippen molar-refractivity contribution in [2.45, 2.75) is 12.5 Å². The molecule has 0 fully saturated rings. The first-order valence-corrected chi connectivity index (χ1v) is 6.33. The molecule has 106 valence electrons. The summed E-state index contributed by atoms with van der Waals surface area (Å²) in [6.45, 7) is 0. The smallest absolute Gasteiger partial charge is 0.327 e. The van der Waals surface area contributed by atoms with Crippen LogP contribution in [0.5, 0.6) is 0 Å². The predicted molar refractivity (Wildman–Crippen MR) is 75.1 cm³/mol. The zero-order valence-electron chi connectivity index (χ0n) is 10.9. The number of carboxylic acid groups (broad SMARTS) is 1. The molecule has 0 saturated heterocycles. The maximum atomic E-state index is 12.4. The fourth-order valence-corrected chi connectivity index (χ4v) is 2.38. The van der Waals surface area contributed by atoms with E-state index in [2.05, 4.69) is 15.3 Å². The van der Waals surface area contributed by atoms with E-state index < -0.39 is 18.0 Å². The summed E-state index contributed by atoms with van der Waals surface area (Å²) in [5.41, 5.74) is 1.86. The van der Waals surface area contributed by atoms with Crippen LogP contribution in [-0.2, 0) is 11.2 Å². The largest absolute Gasteiger partial charge is 0.480 e. The van der Waals surface area contributed by atoms with Crippen molar-refractivity contribution in [3.8, 4) is 0 Å². The third kappa shape index (κ3) is 2.40. The minimum Gasteiger partial charge on any atom is -0.480 e. The van der Waals surface area contributed by atoms with Gasteiger partial charge in [0.1, 0.15) is 12.4 Å². The molecule has 1 aliphatic heterocycles. The number of anilines is 2. The van der Waals surface area contributed by atoms with Crippen LogP contribution in [0.1, 0.15) is 5.56 Å². The summed E-state index contributed by atoms with van der Waals surface area (Å²) in [6.07, 6.45) is 4.54. The van der Waals surface area contributed by atoms with E-state index in [1.165, 1.54) is 23.6 Å². The third-order valence-corrected chi connectivity index (χ3v) is 3.29. The molecule has 2 N–H and O–H groups in total. The number of nitrogens with one attached hydrogen (secondary N) is 1. The van der Waals surface area contributed by atoms with Crippen LogP contribution in [-0.4, -0.2) is 33.1 Å². The Hall–Kier alpha value is -2.96. The maximum absolute atomic E-state index is 12.4. The highest BCUT2D eigenvalue weighted by atomic mass is 16.4. The third-order valence-electron chi connectivity index (χ3n) is 3.29. The van der Waals surface area contributed by atoms with Crippen molar-refractivity contribution in [2.75, 3.05) is 10.2 Å². The van der Waals surface area contributed by atoms with E-state index in [0.717, 1.165) is 5.56 Å². The fraction of sp³-hybridized carbons (Fsp3) is 0.143. The average molecular weight is 284 g/mol. The Bertz CT molecular complexity index is 690. The number of aliphatic carboxylic acids is 1. The molecule has 3 rings (SSSR count). The monoisotopic (exact) mass is 284 g/mol. The van der Waals surface area contributed by atoms with Crippen molar-refractivity contribution < 1.29 is 14.7 Å². The van der Waals surface area contributed by atoms with Crippen LogP contribution in [0.2, 0.25) is 0 Å². The van der Waals surface area contributed by atoms with Gasteiger partial charge in [0.25, 0.3) is 0 Å². The number of urea groups is 1. The SMILES string of the molecule is O=C(O)[C@@H]1Cc2ccccc2N1C(=O)Nc1cncnc1. The first-order valence-electron chi connectivity index (χ1n) is 6.33. The van der Waals surface area contributed by atoms with Gasteiger partial charge in [0.05, 0.1) is 18.1 Å². The molecule has 0 unspecified atom stereocenters. The lowest BCUT2D eigenvalue weighted by Crippen LogP contribution is -2.45. The highest BCUT2D eigenvalue weighted by Crippen LogP contribution is 2.32. The molecule has 0 saturated carbocycles. The summed E-state index contributed by atoms with van der Waals surface area (Å²) in [5, 5.41) is 11.9. The molecule has 1 aromatic heterocycles. The zero-order chi connectivity index (χ0) is 14.8. The van der Waals surface area contributed by atoms with E-state index in [1.807, 2.05) is 12.1 Å². The zero-order valence-corrected chi connectivity index (χ0v) is 10.9. The topological polar surface area (TPSA) is 95.4 Å². The lowest BCUT2D eigenvalue weighted by molar-refractivity contribution is -0.138. The molecule has 21 heavy (non-hydrogen) atoms. The van der Waals surface area contributed by atoms with Crippen LogP contribution < -0.4 is 10.2 Å². The van der Waals surface area contributed by atoms with Crippen molar-refractivity contribution in [1.29, 1.82) is 0 Å². The molecule has 2 heterocycles. The summed E-state index contributed by atoms with van der Waals surface area (Å²) in [7, 11) is 0. The molecule has 2 aromatic rings. The van der Waals surface area contributed by atoms with Crippen LogP contribution in [0.25, 0.3) is 0 Å². The van der Waals surface area contributed by atoms with Crippen LogP contribution in [0.3, 0.4) is 0 Å². The van der Waals surface area contributed by atoms with Gasteiger partial charge in [0.15, 0.2) is 0 Å². The van der Waals surface area contributed by atoms with Crippen LogP contribution in [0.4, 0.5) is 16.2 Å².